The van der Waals surface area contributed by atoms with Crippen LogP contribution in [0.3, 0.4) is 0 Å². The number of benzene rings is 1. The van der Waals surface area contributed by atoms with Crippen LogP contribution in [0.4, 0.5) is 4.79 Å². The molecular weight excluding hydrogens is 256 g/mol. The van der Waals surface area contributed by atoms with Crippen LogP contribution in [-0.2, 0) is 16.0 Å². The standard InChI is InChI=1S/C15H22N2O3/c1-3-7-13(14(18)20-2)17-15(19)16-11-10-12-8-5-4-6-9-12/h4-6,8-9,13H,3,7,10-11H2,1-2H3,(H2,16,17,19). The number of nitrogens with one attached hydrogen (secondary N) is 2. The second kappa shape index (κ2) is 8.96. The van der Waals surface area contributed by atoms with E-state index in [2.05, 4.69) is 15.4 Å². The van der Waals surface area contributed by atoms with Gasteiger partial charge in [-0.15, -0.1) is 0 Å². The summed E-state index contributed by atoms with van der Waals surface area (Å²) in [5.41, 5.74) is 1.16. The maximum Gasteiger partial charge on any atom is 0.328 e. The molecule has 0 saturated carbocycles. The summed E-state index contributed by atoms with van der Waals surface area (Å²) >= 11 is 0. The van der Waals surface area contributed by atoms with Crippen LogP contribution in [0.1, 0.15) is 25.3 Å². The number of hydrogen-bond donors (Lipinski definition) is 2. The van der Waals surface area contributed by atoms with Gasteiger partial charge in [-0.3, -0.25) is 0 Å². The van der Waals surface area contributed by atoms with Gasteiger partial charge in [-0.2, -0.15) is 0 Å². The third-order valence-electron chi connectivity index (χ3n) is 2.91. The first kappa shape index (κ1) is 16.0. The normalized spacial score (nSPS) is 11.5. The highest BCUT2D eigenvalue weighted by molar-refractivity contribution is 5.83. The molecule has 20 heavy (non-hydrogen) atoms. The zero-order chi connectivity index (χ0) is 14.8. The van der Waals surface area contributed by atoms with E-state index >= 15 is 0 Å². The molecule has 1 unspecified atom stereocenters. The van der Waals surface area contributed by atoms with Gasteiger partial charge in [0.1, 0.15) is 6.04 Å². The van der Waals surface area contributed by atoms with Crippen molar-refractivity contribution in [2.45, 2.75) is 32.2 Å². The van der Waals surface area contributed by atoms with Gasteiger partial charge in [0.2, 0.25) is 0 Å². The molecule has 110 valence electrons. The van der Waals surface area contributed by atoms with Gasteiger partial charge in [0.15, 0.2) is 0 Å². The minimum Gasteiger partial charge on any atom is -0.467 e. The monoisotopic (exact) mass is 278 g/mol. The summed E-state index contributed by atoms with van der Waals surface area (Å²) < 4.78 is 4.66. The number of amides is 2. The maximum atomic E-state index is 11.7. The van der Waals surface area contributed by atoms with Crippen LogP contribution >= 0.6 is 0 Å². The lowest BCUT2D eigenvalue weighted by Crippen LogP contribution is -2.46. The van der Waals surface area contributed by atoms with E-state index in [9.17, 15) is 9.59 Å². The largest absolute Gasteiger partial charge is 0.467 e. The summed E-state index contributed by atoms with van der Waals surface area (Å²) in [7, 11) is 1.32. The number of rotatable bonds is 7. The van der Waals surface area contributed by atoms with Crippen molar-refractivity contribution in [2.24, 2.45) is 0 Å². The molecule has 0 aromatic heterocycles. The highest BCUT2D eigenvalue weighted by Gasteiger charge is 2.19. The average molecular weight is 278 g/mol. The Bertz CT molecular complexity index is 420. The first-order valence-electron chi connectivity index (χ1n) is 6.83. The fourth-order valence-corrected chi connectivity index (χ4v) is 1.85. The molecule has 0 saturated heterocycles. The number of ether oxygens (including phenoxy) is 1. The third-order valence-corrected chi connectivity index (χ3v) is 2.91. The fraction of sp³-hybridized carbons (Fsp3) is 0.467. The second-order valence-corrected chi connectivity index (χ2v) is 4.50. The third kappa shape index (κ3) is 5.73. The molecule has 0 radical (unpaired) electrons. The van der Waals surface area contributed by atoms with Gasteiger partial charge in [0.05, 0.1) is 7.11 Å². The quantitative estimate of drug-likeness (QED) is 0.748. The average Bonchev–Trinajstić information content (AvgIpc) is 2.47. The van der Waals surface area contributed by atoms with Crippen molar-refractivity contribution in [2.75, 3.05) is 13.7 Å². The summed E-state index contributed by atoms with van der Waals surface area (Å²) in [6, 6.07) is 8.97. The lowest BCUT2D eigenvalue weighted by atomic mass is 10.1. The highest BCUT2D eigenvalue weighted by atomic mass is 16.5. The van der Waals surface area contributed by atoms with E-state index in [1.165, 1.54) is 7.11 Å². The van der Waals surface area contributed by atoms with Gasteiger partial charge in [-0.05, 0) is 18.4 Å². The maximum absolute atomic E-state index is 11.7. The summed E-state index contributed by atoms with van der Waals surface area (Å²) in [5, 5.41) is 5.37. The van der Waals surface area contributed by atoms with Gasteiger partial charge < -0.3 is 15.4 Å². The highest BCUT2D eigenvalue weighted by Crippen LogP contribution is 2.00. The van der Waals surface area contributed by atoms with Crippen molar-refractivity contribution in [3.05, 3.63) is 35.9 Å². The smallest absolute Gasteiger partial charge is 0.328 e. The molecule has 2 amide bonds. The first-order valence-corrected chi connectivity index (χ1v) is 6.83. The number of carbonyl (C=O) groups excluding carboxylic acids is 2. The van der Waals surface area contributed by atoms with E-state index in [4.69, 9.17) is 0 Å². The fourth-order valence-electron chi connectivity index (χ4n) is 1.85. The van der Waals surface area contributed by atoms with Crippen LogP contribution in [0.5, 0.6) is 0 Å². The molecule has 0 aliphatic rings. The Kier molecular flexibility index (Phi) is 7.17. The molecule has 5 heteroatoms. The molecule has 0 bridgehead atoms. The number of esters is 1. The Morgan fingerprint density at radius 1 is 1.25 bits per heavy atom. The van der Waals surface area contributed by atoms with Crippen molar-refractivity contribution < 1.29 is 14.3 Å². The summed E-state index contributed by atoms with van der Waals surface area (Å²) in [6.07, 6.45) is 2.12. The van der Waals surface area contributed by atoms with Crippen LogP contribution in [0.25, 0.3) is 0 Å². The molecule has 2 N–H and O–H groups in total. The van der Waals surface area contributed by atoms with E-state index in [0.29, 0.717) is 13.0 Å². The molecule has 0 aliphatic carbocycles. The zero-order valence-electron chi connectivity index (χ0n) is 12.0. The molecule has 5 nitrogen and oxygen atoms in total. The Balaban J connectivity index is 2.33. The second-order valence-electron chi connectivity index (χ2n) is 4.50. The van der Waals surface area contributed by atoms with Crippen LogP contribution in [0.15, 0.2) is 30.3 Å². The van der Waals surface area contributed by atoms with E-state index < -0.39 is 12.0 Å². The number of hydrogen-bond acceptors (Lipinski definition) is 3. The molecule has 1 rings (SSSR count). The molecule has 0 fully saturated rings. The molecular formula is C15H22N2O3. The van der Waals surface area contributed by atoms with Crippen LogP contribution in [0.2, 0.25) is 0 Å². The van der Waals surface area contributed by atoms with Gasteiger partial charge in [0.25, 0.3) is 0 Å². The predicted molar refractivity (Wildman–Crippen MR) is 77.4 cm³/mol. The van der Waals surface area contributed by atoms with Crippen molar-refractivity contribution >= 4 is 12.0 Å². The minimum atomic E-state index is -0.582. The first-order chi connectivity index (χ1) is 9.67. The van der Waals surface area contributed by atoms with Crippen molar-refractivity contribution in [3.63, 3.8) is 0 Å². The summed E-state index contributed by atoms with van der Waals surface area (Å²) in [4.78, 5) is 23.2. The van der Waals surface area contributed by atoms with E-state index in [-0.39, 0.29) is 6.03 Å². The lowest BCUT2D eigenvalue weighted by Gasteiger charge is -2.16. The Labute approximate surface area is 119 Å². The van der Waals surface area contributed by atoms with E-state index in [1.54, 1.807) is 0 Å². The summed E-state index contributed by atoms with van der Waals surface area (Å²) in [6.45, 7) is 2.47. The lowest BCUT2D eigenvalue weighted by molar-refractivity contribution is -0.143. The van der Waals surface area contributed by atoms with E-state index in [0.717, 1.165) is 18.4 Å². The van der Waals surface area contributed by atoms with Crippen LogP contribution in [0, 0.1) is 0 Å². The van der Waals surface area contributed by atoms with Gasteiger partial charge in [-0.1, -0.05) is 43.7 Å². The van der Waals surface area contributed by atoms with Crippen LogP contribution in [-0.4, -0.2) is 31.7 Å². The Hall–Kier alpha value is -2.04. The topological polar surface area (TPSA) is 67.4 Å². The van der Waals surface area contributed by atoms with Crippen molar-refractivity contribution in [1.29, 1.82) is 0 Å². The van der Waals surface area contributed by atoms with Crippen LogP contribution < -0.4 is 10.6 Å². The van der Waals surface area contributed by atoms with Gasteiger partial charge >= 0.3 is 12.0 Å². The zero-order valence-corrected chi connectivity index (χ0v) is 12.0. The SMILES string of the molecule is CCCC(NC(=O)NCCc1ccccc1)C(=O)OC. The molecule has 1 atom stereocenters. The predicted octanol–water partition coefficient (Wildman–Crippen LogP) is 1.87. The van der Waals surface area contributed by atoms with Crippen molar-refractivity contribution in [1.82, 2.24) is 10.6 Å². The number of urea groups is 1. The Morgan fingerprint density at radius 2 is 1.95 bits per heavy atom. The van der Waals surface area contributed by atoms with Gasteiger partial charge in [0, 0.05) is 6.54 Å². The minimum absolute atomic E-state index is 0.343. The molecule has 1 aromatic carbocycles. The number of carbonyl (C=O) groups is 2. The van der Waals surface area contributed by atoms with Gasteiger partial charge in [-0.25, -0.2) is 9.59 Å². The molecule has 0 spiro atoms. The number of methoxy groups -OCH3 is 1. The molecule has 0 aliphatic heterocycles. The molecule has 0 heterocycles. The Morgan fingerprint density at radius 3 is 2.55 bits per heavy atom. The van der Waals surface area contributed by atoms with E-state index in [1.807, 2.05) is 37.3 Å². The molecule has 1 aromatic rings. The summed E-state index contributed by atoms with van der Waals surface area (Å²) in [5.74, 6) is -0.412. The van der Waals surface area contributed by atoms with Crippen molar-refractivity contribution in [3.8, 4) is 0 Å².